The normalized spacial score (nSPS) is 10.1. The van der Waals surface area contributed by atoms with Gasteiger partial charge in [0.15, 0.2) is 0 Å². The van der Waals surface area contributed by atoms with Crippen molar-refractivity contribution in [3.05, 3.63) is 29.8 Å². The maximum atomic E-state index is 11.3. The van der Waals surface area contributed by atoms with Gasteiger partial charge in [-0.3, -0.25) is 4.79 Å². The molecule has 94 valence electrons. The lowest BCUT2D eigenvalue weighted by atomic mass is 10.1. The molecule has 0 saturated carbocycles. The molecule has 0 saturated heterocycles. The van der Waals surface area contributed by atoms with Gasteiger partial charge in [-0.25, -0.2) is 0 Å². The number of benzene rings is 1. The van der Waals surface area contributed by atoms with Gasteiger partial charge >= 0.3 is 0 Å². The van der Waals surface area contributed by atoms with Crippen molar-refractivity contribution in [3.63, 3.8) is 0 Å². The molecule has 17 heavy (non-hydrogen) atoms. The van der Waals surface area contributed by atoms with Gasteiger partial charge in [0.1, 0.15) is 0 Å². The summed E-state index contributed by atoms with van der Waals surface area (Å²) in [5.41, 5.74) is 2.45. The van der Waals surface area contributed by atoms with Gasteiger partial charge in [0, 0.05) is 32.7 Å². The summed E-state index contributed by atoms with van der Waals surface area (Å²) in [6.45, 7) is 2.74. The molecule has 0 bridgehead atoms. The van der Waals surface area contributed by atoms with Crippen molar-refractivity contribution in [2.24, 2.45) is 0 Å². The average molecular weight is 234 g/mol. The summed E-state index contributed by atoms with van der Waals surface area (Å²) in [4.78, 5) is 13.3. The molecule has 1 rings (SSSR count). The summed E-state index contributed by atoms with van der Waals surface area (Å²) in [5.74, 6) is 0.150. The van der Waals surface area contributed by atoms with E-state index in [-0.39, 0.29) is 5.91 Å². The SMILES string of the molecule is CCCC(=O)NCCc1ccc(N(C)C)cc1. The molecule has 1 amide bonds. The van der Waals surface area contributed by atoms with Crippen molar-refractivity contribution in [1.82, 2.24) is 5.32 Å². The second kappa shape index (κ2) is 6.94. The van der Waals surface area contributed by atoms with Gasteiger partial charge in [-0.05, 0) is 30.5 Å². The highest BCUT2D eigenvalue weighted by atomic mass is 16.1. The van der Waals surface area contributed by atoms with Gasteiger partial charge < -0.3 is 10.2 Å². The fourth-order valence-electron chi connectivity index (χ4n) is 1.62. The summed E-state index contributed by atoms with van der Waals surface area (Å²) in [6.07, 6.45) is 2.42. The molecular formula is C14H22N2O. The summed E-state index contributed by atoms with van der Waals surface area (Å²) in [5, 5.41) is 2.92. The van der Waals surface area contributed by atoms with Crippen LogP contribution in [0.5, 0.6) is 0 Å². The van der Waals surface area contributed by atoms with Crippen molar-refractivity contribution in [1.29, 1.82) is 0 Å². The number of anilines is 1. The van der Waals surface area contributed by atoms with Crippen LogP contribution in [0, 0.1) is 0 Å². The predicted molar refractivity (Wildman–Crippen MR) is 72.4 cm³/mol. The highest BCUT2D eigenvalue weighted by Crippen LogP contribution is 2.12. The fraction of sp³-hybridized carbons (Fsp3) is 0.500. The van der Waals surface area contributed by atoms with E-state index in [1.165, 1.54) is 11.3 Å². The lowest BCUT2D eigenvalue weighted by Crippen LogP contribution is -2.25. The largest absolute Gasteiger partial charge is 0.378 e. The molecule has 1 N–H and O–H groups in total. The maximum Gasteiger partial charge on any atom is 0.219 e. The van der Waals surface area contributed by atoms with Gasteiger partial charge in [0.2, 0.25) is 5.91 Å². The Hall–Kier alpha value is -1.51. The molecule has 0 unspecified atom stereocenters. The lowest BCUT2D eigenvalue weighted by Gasteiger charge is -2.12. The van der Waals surface area contributed by atoms with Crippen molar-refractivity contribution in [3.8, 4) is 0 Å². The van der Waals surface area contributed by atoms with E-state index < -0.39 is 0 Å². The van der Waals surface area contributed by atoms with E-state index in [9.17, 15) is 4.79 Å². The Morgan fingerprint density at radius 1 is 1.24 bits per heavy atom. The van der Waals surface area contributed by atoms with E-state index in [0.717, 1.165) is 19.4 Å². The Bertz CT molecular complexity index is 344. The van der Waals surface area contributed by atoms with Gasteiger partial charge in [0.05, 0.1) is 0 Å². The molecule has 0 heterocycles. The molecule has 1 aromatic rings. The van der Waals surface area contributed by atoms with Gasteiger partial charge in [-0.1, -0.05) is 19.1 Å². The second-order valence-electron chi connectivity index (χ2n) is 4.41. The molecule has 3 heteroatoms. The quantitative estimate of drug-likeness (QED) is 0.818. The first-order valence-corrected chi connectivity index (χ1v) is 6.16. The van der Waals surface area contributed by atoms with Crippen LogP contribution in [0.4, 0.5) is 5.69 Å². The van der Waals surface area contributed by atoms with E-state index in [1.54, 1.807) is 0 Å². The fourth-order valence-corrected chi connectivity index (χ4v) is 1.62. The van der Waals surface area contributed by atoms with Crippen molar-refractivity contribution in [2.75, 3.05) is 25.5 Å². The van der Waals surface area contributed by atoms with Crippen molar-refractivity contribution < 1.29 is 4.79 Å². The molecule has 0 aliphatic rings. The van der Waals surface area contributed by atoms with Crippen LogP contribution in [0.3, 0.4) is 0 Å². The van der Waals surface area contributed by atoms with Gasteiger partial charge in [0.25, 0.3) is 0 Å². The molecule has 0 spiro atoms. The number of nitrogens with one attached hydrogen (secondary N) is 1. The zero-order valence-electron chi connectivity index (χ0n) is 11.0. The Labute approximate surface area is 104 Å². The molecule has 0 aliphatic carbocycles. The maximum absolute atomic E-state index is 11.3. The first-order chi connectivity index (χ1) is 8.13. The summed E-state index contributed by atoms with van der Waals surface area (Å²) in [7, 11) is 4.06. The number of amides is 1. The van der Waals surface area contributed by atoms with Crippen molar-refractivity contribution in [2.45, 2.75) is 26.2 Å². The second-order valence-corrected chi connectivity index (χ2v) is 4.41. The minimum atomic E-state index is 0.150. The zero-order valence-corrected chi connectivity index (χ0v) is 11.0. The molecule has 0 aromatic heterocycles. The van der Waals surface area contributed by atoms with Crippen LogP contribution >= 0.6 is 0 Å². The van der Waals surface area contributed by atoms with E-state index in [4.69, 9.17) is 0 Å². The molecule has 0 radical (unpaired) electrons. The smallest absolute Gasteiger partial charge is 0.219 e. The number of hydrogen-bond donors (Lipinski definition) is 1. The van der Waals surface area contributed by atoms with Crippen LogP contribution in [0.25, 0.3) is 0 Å². The first-order valence-electron chi connectivity index (χ1n) is 6.16. The van der Waals surface area contributed by atoms with Crippen LogP contribution in [0.15, 0.2) is 24.3 Å². The minimum Gasteiger partial charge on any atom is -0.378 e. The van der Waals surface area contributed by atoms with Gasteiger partial charge in [-0.2, -0.15) is 0 Å². The number of carbonyl (C=O) groups is 1. The molecule has 3 nitrogen and oxygen atoms in total. The van der Waals surface area contributed by atoms with Crippen LogP contribution in [0.2, 0.25) is 0 Å². The molecule has 0 atom stereocenters. The monoisotopic (exact) mass is 234 g/mol. The molecule has 0 aliphatic heterocycles. The first kappa shape index (κ1) is 13.6. The Morgan fingerprint density at radius 3 is 2.41 bits per heavy atom. The van der Waals surface area contributed by atoms with E-state index in [2.05, 4.69) is 34.5 Å². The lowest BCUT2D eigenvalue weighted by molar-refractivity contribution is -0.121. The average Bonchev–Trinajstić information content (AvgIpc) is 2.30. The minimum absolute atomic E-state index is 0.150. The Balaban J connectivity index is 2.35. The number of rotatable bonds is 6. The van der Waals surface area contributed by atoms with Crippen molar-refractivity contribution >= 4 is 11.6 Å². The Morgan fingerprint density at radius 2 is 1.88 bits per heavy atom. The van der Waals surface area contributed by atoms with Crippen LogP contribution in [-0.4, -0.2) is 26.5 Å². The third-order valence-electron chi connectivity index (χ3n) is 2.67. The van der Waals surface area contributed by atoms with E-state index >= 15 is 0 Å². The molecular weight excluding hydrogens is 212 g/mol. The summed E-state index contributed by atoms with van der Waals surface area (Å²) >= 11 is 0. The predicted octanol–water partition coefficient (Wildman–Crippen LogP) is 2.21. The third kappa shape index (κ3) is 4.89. The van der Waals surface area contributed by atoms with E-state index in [0.29, 0.717) is 6.42 Å². The highest BCUT2D eigenvalue weighted by Gasteiger charge is 1.99. The standard InChI is InChI=1S/C14H22N2O/c1-4-5-14(17)15-11-10-12-6-8-13(9-7-12)16(2)3/h6-9H,4-5,10-11H2,1-3H3,(H,15,17). The van der Waals surface area contributed by atoms with Crippen LogP contribution in [0.1, 0.15) is 25.3 Å². The molecule has 1 aromatic carbocycles. The van der Waals surface area contributed by atoms with Gasteiger partial charge in [-0.15, -0.1) is 0 Å². The number of nitrogens with zero attached hydrogens (tertiary/aromatic N) is 1. The van der Waals surface area contributed by atoms with Crippen LogP contribution in [-0.2, 0) is 11.2 Å². The highest BCUT2D eigenvalue weighted by molar-refractivity contribution is 5.75. The molecule has 0 fully saturated rings. The summed E-state index contributed by atoms with van der Waals surface area (Å²) in [6, 6.07) is 8.43. The Kier molecular flexibility index (Phi) is 5.53. The third-order valence-corrected chi connectivity index (χ3v) is 2.67. The topological polar surface area (TPSA) is 32.3 Å². The van der Waals surface area contributed by atoms with Crippen LogP contribution < -0.4 is 10.2 Å². The summed E-state index contributed by atoms with van der Waals surface area (Å²) < 4.78 is 0. The number of hydrogen-bond acceptors (Lipinski definition) is 2. The van der Waals surface area contributed by atoms with E-state index in [1.807, 2.05) is 21.0 Å². The zero-order chi connectivity index (χ0) is 12.7. The number of carbonyl (C=O) groups excluding carboxylic acids is 1.